The Kier molecular flexibility index (Phi) is 5.19. The maximum atomic E-state index is 11.9. The maximum Gasteiger partial charge on any atom is 0.320 e. The van der Waals surface area contributed by atoms with Gasteiger partial charge in [-0.15, -0.1) is 10.2 Å². The van der Waals surface area contributed by atoms with Crippen molar-refractivity contribution >= 4 is 11.8 Å². The Morgan fingerprint density at radius 1 is 1.33 bits per heavy atom. The molecular weight excluding hydrogens is 310 g/mol. The summed E-state index contributed by atoms with van der Waals surface area (Å²) < 4.78 is 7.10. The van der Waals surface area contributed by atoms with Crippen molar-refractivity contribution in [3.63, 3.8) is 0 Å². The van der Waals surface area contributed by atoms with E-state index in [0.717, 1.165) is 31.0 Å². The summed E-state index contributed by atoms with van der Waals surface area (Å²) in [7, 11) is 1.47. The molecule has 0 aliphatic carbocycles. The Morgan fingerprint density at radius 3 is 3.12 bits per heavy atom. The van der Waals surface area contributed by atoms with Gasteiger partial charge < -0.3 is 14.6 Å². The minimum absolute atomic E-state index is 0.207. The molecule has 0 fully saturated rings. The van der Waals surface area contributed by atoms with Crippen LogP contribution in [-0.2, 0) is 19.4 Å². The number of rotatable bonds is 5. The normalized spacial score (nSPS) is 13.7. The van der Waals surface area contributed by atoms with Gasteiger partial charge in [0, 0.05) is 32.1 Å². The van der Waals surface area contributed by atoms with Gasteiger partial charge in [0.05, 0.1) is 7.11 Å². The fourth-order valence-electron chi connectivity index (χ4n) is 2.69. The van der Waals surface area contributed by atoms with E-state index in [1.54, 1.807) is 6.07 Å². The Labute approximate surface area is 139 Å². The van der Waals surface area contributed by atoms with E-state index in [2.05, 4.69) is 35.4 Å². The highest BCUT2D eigenvalue weighted by Crippen LogP contribution is 2.14. The van der Waals surface area contributed by atoms with Gasteiger partial charge in [-0.05, 0) is 18.9 Å². The van der Waals surface area contributed by atoms with E-state index < -0.39 is 0 Å². The highest BCUT2D eigenvalue weighted by Gasteiger charge is 2.14. The summed E-state index contributed by atoms with van der Waals surface area (Å²) in [5.74, 6) is 2.37. The Hall–Kier alpha value is -2.71. The zero-order valence-electron chi connectivity index (χ0n) is 13.7. The molecule has 0 saturated carbocycles. The summed E-state index contributed by atoms with van der Waals surface area (Å²) >= 11 is 0. The van der Waals surface area contributed by atoms with E-state index in [0.29, 0.717) is 18.8 Å². The molecule has 0 unspecified atom stereocenters. The van der Waals surface area contributed by atoms with Gasteiger partial charge in [0.1, 0.15) is 17.5 Å². The van der Waals surface area contributed by atoms with Gasteiger partial charge in [0.25, 0.3) is 0 Å². The third kappa shape index (κ3) is 3.98. The van der Waals surface area contributed by atoms with Crippen molar-refractivity contribution in [3.05, 3.63) is 23.9 Å². The fraction of sp³-hybridized carbons (Fsp3) is 0.533. The first-order chi connectivity index (χ1) is 11.8. The van der Waals surface area contributed by atoms with Gasteiger partial charge in [-0.3, -0.25) is 5.32 Å². The highest BCUT2D eigenvalue weighted by atomic mass is 16.5. The topological polar surface area (TPSA) is 107 Å². The van der Waals surface area contributed by atoms with E-state index in [9.17, 15) is 4.79 Å². The van der Waals surface area contributed by atoms with Crippen LogP contribution in [0, 0.1) is 0 Å². The van der Waals surface area contributed by atoms with Crippen molar-refractivity contribution in [2.24, 2.45) is 0 Å². The van der Waals surface area contributed by atoms with Crippen molar-refractivity contribution in [1.82, 2.24) is 30.0 Å². The molecule has 0 atom stereocenters. The average molecular weight is 331 g/mol. The lowest BCUT2D eigenvalue weighted by Gasteiger charge is -2.09. The lowest BCUT2D eigenvalue weighted by Crippen LogP contribution is -2.31. The second-order valence-electron chi connectivity index (χ2n) is 5.55. The van der Waals surface area contributed by atoms with Crippen LogP contribution in [0.4, 0.5) is 10.6 Å². The quantitative estimate of drug-likeness (QED) is 0.851. The van der Waals surface area contributed by atoms with Crippen molar-refractivity contribution in [3.8, 4) is 6.01 Å². The van der Waals surface area contributed by atoms with E-state index in [1.807, 2.05) is 0 Å². The molecule has 0 aromatic carbocycles. The SMILES string of the molecule is COc1nccc(NC(=O)NCCc2nnc3n2CCCCC3)n1. The van der Waals surface area contributed by atoms with Crippen LogP contribution >= 0.6 is 0 Å². The number of ether oxygens (including phenoxy) is 1. The number of fused-ring (bicyclic) bond motifs is 1. The first kappa shape index (κ1) is 16.2. The molecule has 128 valence electrons. The zero-order valence-corrected chi connectivity index (χ0v) is 13.7. The molecule has 3 heterocycles. The number of anilines is 1. The van der Waals surface area contributed by atoms with Crippen molar-refractivity contribution in [2.45, 2.75) is 38.6 Å². The number of aryl methyl sites for hydroxylation is 1. The molecule has 2 N–H and O–H groups in total. The van der Waals surface area contributed by atoms with Crippen LogP contribution in [0.1, 0.15) is 30.9 Å². The van der Waals surface area contributed by atoms with Crippen LogP contribution in [0.25, 0.3) is 0 Å². The summed E-state index contributed by atoms with van der Waals surface area (Å²) in [6.45, 7) is 1.44. The lowest BCUT2D eigenvalue weighted by molar-refractivity contribution is 0.252. The van der Waals surface area contributed by atoms with E-state index in [4.69, 9.17) is 4.74 Å². The van der Waals surface area contributed by atoms with Crippen LogP contribution in [0.5, 0.6) is 6.01 Å². The number of nitrogens with zero attached hydrogens (tertiary/aromatic N) is 5. The first-order valence-electron chi connectivity index (χ1n) is 8.09. The summed E-state index contributed by atoms with van der Waals surface area (Å²) in [5.41, 5.74) is 0. The number of aromatic nitrogens is 5. The Morgan fingerprint density at radius 2 is 2.25 bits per heavy atom. The molecule has 2 aromatic heterocycles. The van der Waals surface area contributed by atoms with Crippen LogP contribution < -0.4 is 15.4 Å². The molecule has 2 aromatic rings. The number of carbonyl (C=O) groups is 1. The van der Waals surface area contributed by atoms with Gasteiger partial charge in [-0.1, -0.05) is 6.42 Å². The predicted molar refractivity (Wildman–Crippen MR) is 86.9 cm³/mol. The molecule has 24 heavy (non-hydrogen) atoms. The Balaban J connectivity index is 1.49. The molecule has 1 aliphatic heterocycles. The van der Waals surface area contributed by atoms with Crippen LogP contribution in [0.3, 0.4) is 0 Å². The second kappa shape index (κ2) is 7.71. The van der Waals surface area contributed by atoms with Gasteiger partial charge in [-0.25, -0.2) is 9.78 Å². The standard InChI is InChI=1S/C15H21N7O2/c1-24-15-17-8-6-11(19-15)18-14(23)16-9-7-13-21-20-12-5-3-2-4-10-22(12)13/h6,8H,2-5,7,9-10H2,1H3,(H2,16,17,18,19,23). The monoisotopic (exact) mass is 331 g/mol. The number of hydrogen-bond donors (Lipinski definition) is 2. The summed E-state index contributed by atoms with van der Waals surface area (Å²) in [6.07, 6.45) is 6.70. The third-order valence-electron chi connectivity index (χ3n) is 3.88. The van der Waals surface area contributed by atoms with Gasteiger partial charge >= 0.3 is 12.0 Å². The minimum atomic E-state index is -0.327. The zero-order chi connectivity index (χ0) is 16.8. The maximum absolute atomic E-state index is 11.9. The smallest absolute Gasteiger partial charge is 0.320 e. The molecule has 2 amide bonds. The molecule has 0 bridgehead atoms. The number of methoxy groups -OCH3 is 1. The first-order valence-corrected chi connectivity index (χ1v) is 8.09. The summed E-state index contributed by atoms with van der Waals surface area (Å²) in [4.78, 5) is 19.8. The van der Waals surface area contributed by atoms with E-state index in [1.165, 1.54) is 26.1 Å². The van der Waals surface area contributed by atoms with Gasteiger partial charge in [0.2, 0.25) is 0 Å². The molecule has 3 rings (SSSR count). The number of hydrogen-bond acceptors (Lipinski definition) is 6. The van der Waals surface area contributed by atoms with E-state index in [-0.39, 0.29) is 12.0 Å². The molecule has 0 spiro atoms. The van der Waals surface area contributed by atoms with Gasteiger partial charge in [-0.2, -0.15) is 4.98 Å². The Bertz CT molecular complexity index is 701. The predicted octanol–water partition coefficient (Wildman–Crippen LogP) is 1.17. The van der Waals surface area contributed by atoms with Crippen molar-refractivity contribution in [1.29, 1.82) is 0 Å². The summed E-state index contributed by atoms with van der Waals surface area (Å²) in [5, 5.41) is 13.9. The second-order valence-corrected chi connectivity index (χ2v) is 5.55. The minimum Gasteiger partial charge on any atom is -0.467 e. The van der Waals surface area contributed by atoms with Gasteiger partial charge in [0.15, 0.2) is 0 Å². The number of amides is 2. The van der Waals surface area contributed by atoms with E-state index >= 15 is 0 Å². The average Bonchev–Trinajstić information content (AvgIpc) is 2.82. The van der Waals surface area contributed by atoms with Crippen molar-refractivity contribution < 1.29 is 9.53 Å². The molecule has 9 nitrogen and oxygen atoms in total. The fourth-order valence-corrected chi connectivity index (χ4v) is 2.69. The van der Waals surface area contributed by atoms with Crippen LogP contribution in [0.15, 0.2) is 12.3 Å². The molecule has 1 aliphatic rings. The molecular formula is C15H21N7O2. The molecule has 0 saturated heterocycles. The van der Waals surface area contributed by atoms with Crippen molar-refractivity contribution in [2.75, 3.05) is 19.0 Å². The van der Waals surface area contributed by atoms with Crippen LogP contribution in [-0.4, -0.2) is 44.4 Å². The number of urea groups is 1. The third-order valence-corrected chi connectivity index (χ3v) is 3.88. The number of nitrogens with one attached hydrogen (secondary N) is 2. The number of carbonyl (C=O) groups excluding carboxylic acids is 1. The molecule has 9 heteroatoms. The largest absolute Gasteiger partial charge is 0.467 e. The molecule has 0 radical (unpaired) electrons. The van der Waals surface area contributed by atoms with Crippen LogP contribution in [0.2, 0.25) is 0 Å². The lowest BCUT2D eigenvalue weighted by atomic mass is 10.2. The summed E-state index contributed by atoms with van der Waals surface area (Å²) in [6, 6.07) is 1.48. The highest BCUT2D eigenvalue weighted by molar-refractivity contribution is 5.88.